The van der Waals surface area contributed by atoms with Crippen molar-refractivity contribution in [2.45, 2.75) is 38.6 Å². The van der Waals surface area contributed by atoms with Crippen LogP contribution in [0.25, 0.3) is 6.08 Å². The summed E-state index contributed by atoms with van der Waals surface area (Å²) in [6.07, 6.45) is 7.94. The number of benzene rings is 1. The van der Waals surface area contributed by atoms with E-state index >= 15 is 0 Å². The van der Waals surface area contributed by atoms with E-state index in [0.29, 0.717) is 12.0 Å². The van der Waals surface area contributed by atoms with E-state index in [2.05, 4.69) is 12.2 Å². The zero-order valence-electron chi connectivity index (χ0n) is 11.2. The summed E-state index contributed by atoms with van der Waals surface area (Å²) in [5, 5.41) is 3.05. The van der Waals surface area contributed by atoms with E-state index in [1.165, 1.54) is 37.5 Å². The van der Waals surface area contributed by atoms with Gasteiger partial charge in [-0.25, -0.2) is 4.39 Å². The molecule has 3 heteroatoms. The maximum absolute atomic E-state index is 12.7. The quantitative estimate of drug-likeness (QED) is 0.828. The van der Waals surface area contributed by atoms with Gasteiger partial charge in [-0.05, 0) is 42.5 Å². The first-order valence-corrected chi connectivity index (χ1v) is 6.89. The summed E-state index contributed by atoms with van der Waals surface area (Å²) in [7, 11) is 0. The van der Waals surface area contributed by atoms with Crippen LogP contribution in [-0.2, 0) is 4.79 Å². The summed E-state index contributed by atoms with van der Waals surface area (Å²) >= 11 is 0. The molecule has 1 fully saturated rings. The van der Waals surface area contributed by atoms with E-state index in [1.54, 1.807) is 18.2 Å². The van der Waals surface area contributed by atoms with Crippen LogP contribution in [0.1, 0.15) is 38.2 Å². The molecule has 2 nitrogen and oxygen atoms in total. The Morgan fingerprint density at radius 1 is 1.26 bits per heavy atom. The van der Waals surface area contributed by atoms with Gasteiger partial charge < -0.3 is 5.32 Å². The Balaban J connectivity index is 1.88. The highest BCUT2D eigenvalue weighted by atomic mass is 19.1. The predicted molar refractivity (Wildman–Crippen MR) is 75.0 cm³/mol. The molecule has 0 unspecified atom stereocenters. The van der Waals surface area contributed by atoms with Gasteiger partial charge in [0.2, 0.25) is 5.91 Å². The third kappa shape index (κ3) is 4.19. The fourth-order valence-electron chi connectivity index (χ4n) is 2.51. The molecule has 0 aromatic heterocycles. The van der Waals surface area contributed by atoms with E-state index in [-0.39, 0.29) is 11.7 Å². The molecule has 0 bridgehead atoms. The average molecular weight is 261 g/mol. The Hall–Kier alpha value is -1.64. The normalized spacial score (nSPS) is 23.5. The van der Waals surface area contributed by atoms with E-state index in [4.69, 9.17) is 0 Å². The number of hydrogen-bond donors (Lipinski definition) is 1. The third-order valence-electron chi connectivity index (χ3n) is 3.74. The van der Waals surface area contributed by atoms with Crippen molar-refractivity contribution >= 4 is 12.0 Å². The molecule has 1 aliphatic rings. The monoisotopic (exact) mass is 261 g/mol. The van der Waals surface area contributed by atoms with Gasteiger partial charge in [0.05, 0.1) is 0 Å². The van der Waals surface area contributed by atoms with Crippen molar-refractivity contribution < 1.29 is 9.18 Å². The largest absolute Gasteiger partial charge is 0.350 e. The second-order valence-electron chi connectivity index (χ2n) is 5.26. The van der Waals surface area contributed by atoms with Crippen molar-refractivity contribution in [3.63, 3.8) is 0 Å². The molecule has 0 aliphatic heterocycles. The molecule has 0 radical (unpaired) electrons. The number of hydrogen-bond acceptors (Lipinski definition) is 1. The first-order chi connectivity index (χ1) is 9.15. The van der Waals surface area contributed by atoms with Crippen molar-refractivity contribution in [1.29, 1.82) is 0 Å². The Morgan fingerprint density at radius 3 is 2.63 bits per heavy atom. The Labute approximate surface area is 113 Å². The smallest absolute Gasteiger partial charge is 0.244 e. The zero-order chi connectivity index (χ0) is 13.7. The van der Waals surface area contributed by atoms with Gasteiger partial charge in [-0.3, -0.25) is 4.79 Å². The van der Waals surface area contributed by atoms with Crippen LogP contribution in [0, 0.1) is 11.7 Å². The van der Waals surface area contributed by atoms with Crippen molar-refractivity contribution in [2.24, 2.45) is 5.92 Å². The minimum Gasteiger partial charge on any atom is -0.350 e. The number of nitrogens with one attached hydrogen (secondary N) is 1. The van der Waals surface area contributed by atoms with Crippen molar-refractivity contribution in [2.75, 3.05) is 0 Å². The lowest BCUT2D eigenvalue weighted by Gasteiger charge is -2.29. The molecule has 1 aliphatic carbocycles. The maximum atomic E-state index is 12.7. The van der Waals surface area contributed by atoms with Crippen LogP contribution >= 0.6 is 0 Å². The van der Waals surface area contributed by atoms with E-state index in [1.807, 2.05) is 0 Å². The first kappa shape index (κ1) is 13.8. The van der Waals surface area contributed by atoms with Crippen LogP contribution < -0.4 is 5.32 Å². The van der Waals surface area contributed by atoms with Gasteiger partial charge in [-0.2, -0.15) is 0 Å². The molecule has 0 spiro atoms. The molecule has 19 heavy (non-hydrogen) atoms. The van der Waals surface area contributed by atoms with Gasteiger partial charge in [0, 0.05) is 12.1 Å². The summed E-state index contributed by atoms with van der Waals surface area (Å²) in [4.78, 5) is 11.8. The Kier molecular flexibility index (Phi) is 4.72. The highest BCUT2D eigenvalue weighted by molar-refractivity contribution is 5.91. The summed E-state index contributed by atoms with van der Waals surface area (Å²) < 4.78 is 12.7. The molecule has 0 heterocycles. The molecular weight excluding hydrogens is 241 g/mol. The zero-order valence-corrected chi connectivity index (χ0v) is 11.2. The SMILES string of the molecule is C[C@H]1CCCC[C@H]1NC(=O)/C=C/c1ccc(F)cc1. The Bertz CT molecular complexity index is 452. The molecule has 1 aromatic carbocycles. The van der Waals surface area contributed by atoms with Gasteiger partial charge in [-0.15, -0.1) is 0 Å². The van der Waals surface area contributed by atoms with Gasteiger partial charge in [0.15, 0.2) is 0 Å². The minimum atomic E-state index is -0.266. The second kappa shape index (κ2) is 6.50. The standard InChI is InChI=1S/C16H20FNO/c1-12-4-2-3-5-15(12)18-16(19)11-8-13-6-9-14(17)10-7-13/h6-12,15H,2-5H2,1H3,(H,18,19)/b11-8+/t12-,15+/m0/s1. The second-order valence-corrected chi connectivity index (χ2v) is 5.26. The van der Waals surface area contributed by atoms with Gasteiger partial charge in [0.1, 0.15) is 5.82 Å². The molecule has 2 rings (SSSR count). The molecule has 1 N–H and O–H groups in total. The fraction of sp³-hybridized carbons (Fsp3) is 0.438. The van der Waals surface area contributed by atoms with Crippen LogP contribution in [0.3, 0.4) is 0 Å². The summed E-state index contributed by atoms with van der Waals surface area (Å²) in [6.45, 7) is 2.19. The van der Waals surface area contributed by atoms with Crippen LogP contribution in [0.4, 0.5) is 4.39 Å². The van der Waals surface area contributed by atoms with E-state index in [0.717, 1.165) is 12.0 Å². The molecule has 1 aromatic rings. The predicted octanol–water partition coefficient (Wildman–Crippen LogP) is 3.53. The molecular formula is C16H20FNO. The molecule has 1 saturated carbocycles. The number of amides is 1. The number of halogens is 1. The summed E-state index contributed by atoms with van der Waals surface area (Å²) in [5.41, 5.74) is 0.827. The Morgan fingerprint density at radius 2 is 1.95 bits per heavy atom. The first-order valence-electron chi connectivity index (χ1n) is 6.89. The minimum absolute atomic E-state index is 0.0666. The number of carbonyl (C=O) groups excluding carboxylic acids is 1. The maximum Gasteiger partial charge on any atom is 0.244 e. The lowest BCUT2D eigenvalue weighted by molar-refractivity contribution is -0.117. The van der Waals surface area contributed by atoms with E-state index in [9.17, 15) is 9.18 Å². The highest BCUT2D eigenvalue weighted by Gasteiger charge is 2.21. The molecule has 0 saturated heterocycles. The number of rotatable bonds is 3. The third-order valence-corrected chi connectivity index (χ3v) is 3.74. The highest BCUT2D eigenvalue weighted by Crippen LogP contribution is 2.23. The van der Waals surface area contributed by atoms with Crippen LogP contribution in [-0.4, -0.2) is 11.9 Å². The lowest BCUT2D eigenvalue weighted by Crippen LogP contribution is -2.40. The number of carbonyl (C=O) groups is 1. The molecule has 1 amide bonds. The van der Waals surface area contributed by atoms with Crippen LogP contribution in [0.5, 0.6) is 0 Å². The topological polar surface area (TPSA) is 29.1 Å². The van der Waals surface area contributed by atoms with Crippen LogP contribution in [0.2, 0.25) is 0 Å². The van der Waals surface area contributed by atoms with E-state index < -0.39 is 0 Å². The van der Waals surface area contributed by atoms with Crippen molar-refractivity contribution in [3.05, 3.63) is 41.7 Å². The van der Waals surface area contributed by atoms with Gasteiger partial charge >= 0.3 is 0 Å². The molecule has 102 valence electrons. The van der Waals surface area contributed by atoms with Crippen molar-refractivity contribution in [1.82, 2.24) is 5.32 Å². The van der Waals surface area contributed by atoms with Crippen molar-refractivity contribution in [3.8, 4) is 0 Å². The lowest BCUT2D eigenvalue weighted by atomic mass is 9.86. The van der Waals surface area contributed by atoms with Crippen LogP contribution in [0.15, 0.2) is 30.3 Å². The molecule has 2 atom stereocenters. The summed E-state index contributed by atoms with van der Waals surface area (Å²) in [6, 6.07) is 6.38. The van der Waals surface area contributed by atoms with Gasteiger partial charge in [-0.1, -0.05) is 31.9 Å². The summed E-state index contributed by atoms with van der Waals surface area (Å²) in [5.74, 6) is 0.220. The fourth-order valence-corrected chi connectivity index (χ4v) is 2.51. The average Bonchev–Trinajstić information content (AvgIpc) is 2.41. The van der Waals surface area contributed by atoms with Gasteiger partial charge in [0.25, 0.3) is 0 Å².